The Morgan fingerprint density at radius 1 is 1.47 bits per heavy atom. The van der Waals surface area contributed by atoms with Crippen molar-refractivity contribution in [3.05, 3.63) is 38.3 Å². The van der Waals surface area contributed by atoms with Gasteiger partial charge < -0.3 is 0 Å². The first-order valence-corrected chi connectivity index (χ1v) is 6.46. The summed E-state index contributed by atoms with van der Waals surface area (Å²) in [4.78, 5) is 12.8. The monoisotopic (exact) mass is 268 g/mol. The van der Waals surface area contributed by atoms with E-state index in [-0.39, 0.29) is 5.78 Å². The minimum atomic E-state index is 0.0982. The third-order valence-electron chi connectivity index (χ3n) is 2.84. The van der Waals surface area contributed by atoms with Crippen LogP contribution in [0, 0.1) is 13.8 Å². The number of carbonyl (C=O) groups is 1. The van der Waals surface area contributed by atoms with Crippen LogP contribution >= 0.6 is 22.9 Å². The molecule has 17 heavy (non-hydrogen) atoms. The van der Waals surface area contributed by atoms with Crippen molar-refractivity contribution in [2.45, 2.75) is 20.3 Å². The van der Waals surface area contributed by atoms with Crippen LogP contribution in [-0.2, 0) is 13.5 Å². The first-order valence-electron chi connectivity index (χ1n) is 5.26. The fourth-order valence-electron chi connectivity index (χ4n) is 1.79. The van der Waals surface area contributed by atoms with E-state index in [1.807, 2.05) is 20.9 Å². The molecule has 0 atom stereocenters. The second kappa shape index (κ2) is 4.63. The molecule has 0 aliphatic rings. The van der Waals surface area contributed by atoms with E-state index in [0.29, 0.717) is 15.6 Å². The molecule has 2 aromatic rings. The summed E-state index contributed by atoms with van der Waals surface area (Å²) in [7, 11) is 1.89. The van der Waals surface area contributed by atoms with E-state index in [1.165, 1.54) is 11.3 Å². The van der Waals surface area contributed by atoms with Gasteiger partial charge in [0.1, 0.15) is 0 Å². The summed E-state index contributed by atoms with van der Waals surface area (Å²) in [5.41, 5.74) is 2.97. The maximum atomic E-state index is 12.1. The van der Waals surface area contributed by atoms with E-state index in [9.17, 15) is 4.79 Å². The smallest absolute Gasteiger partial charge is 0.177 e. The van der Waals surface area contributed by atoms with Crippen LogP contribution < -0.4 is 0 Å². The second-order valence-electron chi connectivity index (χ2n) is 3.98. The quantitative estimate of drug-likeness (QED) is 0.802. The van der Waals surface area contributed by atoms with Crippen LogP contribution in [-0.4, -0.2) is 15.6 Å². The Balaban J connectivity index is 2.24. The van der Waals surface area contributed by atoms with Gasteiger partial charge in [0.25, 0.3) is 0 Å². The number of rotatable bonds is 3. The number of aryl methyl sites for hydroxylation is 2. The summed E-state index contributed by atoms with van der Waals surface area (Å²) in [5.74, 6) is 0.0982. The molecule has 2 heterocycles. The number of nitrogens with zero attached hydrogens (tertiary/aromatic N) is 2. The van der Waals surface area contributed by atoms with Gasteiger partial charge in [0, 0.05) is 24.7 Å². The van der Waals surface area contributed by atoms with Crippen LogP contribution in [0.1, 0.15) is 26.6 Å². The molecule has 3 nitrogen and oxygen atoms in total. The zero-order chi connectivity index (χ0) is 12.6. The highest BCUT2D eigenvalue weighted by Crippen LogP contribution is 2.24. The molecule has 0 bridgehead atoms. The molecule has 0 saturated heterocycles. The van der Waals surface area contributed by atoms with Gasteiger partial charge in [-0.3, -0.25) is 9.48 Å². The van der Waals surface area contributed by atoms with Gasteiger partial charge in [-0.15, -0.1) is 11.3 Å². The maximum Gasteiger partial charge on any atom is 0.177 e. The van der Waals surface area contributed by atoms with E-state index < -0.39 is 0 Å². The largest absolute Gasteiger partial charge is 0.293 e. The standard InChI is InChI=1S/C12H13ClN2OS/c1-7-9(8(2)15(3)14-7)6-10(16)11-4-5-12(13)17-11/h4-5H,6H2,1-3H3. The Labute approximate surface area is 109 Å². The van der Waals surface area contributed by atoms with E-state index in [0.717, 1.165) is 17.0 Å². The van der Waals surface area contributed by atoms with Crippen molar-refractivity contribution in [2.75, 3.05) is 0 Å². The summed E-state index contributed by atoms with van der Waals surface area (Å²) in [6.07, 6.45) is 0.391. The molecule has 0 radical (unpaired) electrons. The van der Waals surface area contributed by atoms with Crippen molar-refractivity contribution < 1.29 is 4.79 Å². The number of ketones is 1. The highest BCUT2D eigenvalue weighted by atomic mass is 35.5. The fraction of sp³-hybridized carbons (Fsp3) is 0.333. The van der Waals surface area contributed by atoms with E-state index in [1.54, 1.807) is 16.8 Å². The van der Waals surface area contributed by atoms with E-state index >= 15 is 0 Å². The molecule has 0 aliphatic heterocycles. The fourth-order valence-corrected chi connectivity index (χ4v) is 2.77. The predicted octanol–water partition coefficient (Wildman–Crippen LogP) is 3.18. The molecule has 0 aliphatic carbocycles. The lowest BCUT2D eigenvalue weighted by molar-refractivity contribution is 0.0996. The van der Waals surface area contributed by atoms with Crippen molar-refractivity contribution in [3.63, 3.8) is 0 Å². The molecule has 2 aromatic heterocycles. The zero-order valence-electron chi connectivity index (χ0n) is 9.95. The van der Waals surface area contributed by atoms with Crippen LogP contribution in [0.15, 0.2) is 12.1 Å². The summed E-state index contributed by atoms with van der Waals surface area (Å²) in [5, 5.41) is 4.30. The molecule has 5 heteroatoms. The topological polar surface area (TPSA) is 34.9 Å². The minimum Gasteiger partial charge on any atom is -0.293 e. The van der Waals surface area contributed by atoms with Gasteiger partial charge in [0.05, 0.1) is 14.9 Å². The molecule has 0 fully saturated rings. The molecular weight excluding hydrogens is 256 g/mol. The summed E-state index contributed by atoms with van der Waals surface area (Å²) in [6.45, 7) is 3.90. The first kappa shape index (κ1) is 12.3. The molecule has 0 saturated carbocycles. The van der Waals surface area contributed by atoms with Gasteiger partial charge in [0.2, 0.25) is 0 Å². The average Bonchev–Trinajstić information content (AvgIpc) is 2.79. The molecule has 0 aromatic carbocycles. The Morgan fingerprint density at radius 3 is 2.65 bits per heavy atom. The lowest BCUT2D eigenvalue weighted by atomic mass is 10.1. The third-order valence-corrected chi connectivity index (χ3v) is 4.12. The number of hydrogen-bond donors (Lipinski definition) is 0. The minimum absolute atomic E-state index is 0.0982. The molecule has 0 unspecified atom stereocenters. The van der Waals surface area contributed by atoms with E-state index in [4.69, 9.17) is 11.6 Å². The molecule has 2 rings (SSSR count). The van der Waals surface area contributed by atoms with Crippen LogP contribution in [0.25, 0.3) is 0 Å². The van der Waals surface area contributed by atoms with Crippen LogP contribution in [0.5, 0.6) is 0 Å². The van der Waals surface area contributed by atoms with Crippen LogP contribution in [0.2, 0.25) is 4.34 Å². The van der Waals surface area contributed by atoms with E-state index in [2.05, 4.69) is 5.10 Å². The second-order valence-corrected chi connectivity index (χ2v) is 5.69. The zero-order valence-corrected chi connectivity index (χ0v) is 11.5. The van der Waals surface area contributed by atoms with Crippen LogP contribution in [0.3, 0.4) is 0 Å². The summed E-state index contributed by atoms with van der Waals surface area (Å²) >= 11 is 7.15. The number of Topliss-reactive ketones (excluding diaryl/α,β-unsaturated/α-hetero) is 1. The highest BCUT2D eigenvalue weighted by Gasteiger charge is 2.15. The highest BCUT2D eigenvalue weighted by molar-refractivity contribution is 7.18. The van der Waals surface area contributed by atoms with Gasteiger partial charge in [-0.05, 0) is 26.0 Å². The lowest BCUT2D eigenvalue weighted by Crippen LogP contribution is -2.03. The molecule has 0 amide bonds. The van der Waals surface area contributed by atoms with Crippen molar-refractivity contribution in [1.82, 2.24) is 9.78 Å². The Bertz CT molecular complexity index is 571. The number of aromatic nitrogens is 2. The van der Waals surface area contributed by atoms with Crippen molar-refractivity contribution >= 4 is 28.7 Å². The number of halogens is 1. The number of thiophene rings is 1. The van der Waals surface area contributed by atoms with Crippen molar-refractivity contribution in [2.24, 2.45) is 7.05 Å². The average molecular weight is 269 g/mol. The van der Waals surface area contributed by atoms with Crippen molar-refractivity contribution in [3.8, 4) is 0 Å². The normalized spacial score (nSPS) is 10.8. The lowest BCUT2D eigenvalue weighted by Gasteiger charge is -2.00. The molecule has 0 N–H and O–H groups in total. The van der Waals surface area contributed by atoms with Gasteiger partial charge >= 0.3 is 0 Å². The first-order chi connectivity index (χ1) is 7.99. The van der Waals surface area contributed by atoms with Gasteiger partial charge in [-0.1, -0.05) is 11.6 Å². The SMILES string of the molecule is Cc1nn(C)c(C)c1CC(=O)c1ccc(Cl)s1. The predicted molar refractivity (Wildman–Crippen MR) is 70.0 cm³/mol. The Morgan fingerprint density at radius 2 is 2.18 bits per heavy atom. The molecule has 0 spiro atoms. The summed E-state index contributed by atoms with van der Waals surface area (Å²) < 4.78 is 2.45. The molecular formula is C12H13ClN2OS. The van der Waals surface area contributed by atoms with Crippen molar-refractivity contribution in [1.29, 1.82) is 0 Å². The van der Waals surface area contributed by atoms with Crippen LogP contribution in [0.4, 0.5) is 0 Å². The third kappa shape index (κ3) is 2.42. The summed E-state index contributed by atoms with van der Waals surface area (Å²) in [6, 6.07) is 3.53. The Hall–Kier alpha value is -1.13. The molecule has 90 valence electrons. The van der Waals surface area contributed by atoms with Gasteiger partial charge in [-0.25, -0.2) is 0 Å². The number of carbonyl (C=O) groups excluding carboxylic acids is 1. The number of hydrogen-bond acceptors (Lipinski definition) is 3. The maximum absolute atomic E-state index is 12.1. The Kier molecular flexibility index (Phi) is 3.35. The van der Waals surface area contributed by atoms with Gasteiger partial charge in [0.15, 0.2) is 5.78 Å². The van der Waals surface area contributed by atoms with Gasteiger partial charge in [-0.2, -0.15) is 5.10 Å².